The smallest absolute Gasteiger partial charge is 0.119 e. The molecule has 0 aliphatic heterocycles. The lowest BCUT2D eigenvalue weighted by atomic mass is 10.0. The van der Waals surface area contributed by atoms with Gasteiger partial charge in [-0.15, -0.1) is 0 Å². The van der Waals surface area contributed by atoms with E-state index in [-0.39, 0.29) is 5.56 Å². The zero-order valence-corrected chi connectivity index (χ0v) is 12.3. The minimum atomic E-state index is -1.21. The first kappa shape index (κ1) is 14.1. The van der Waals surface area contributed by atoms with Gasteiger partial charge in [-0.3, -0.25) is 0 Å². The molecule has 22 heavy (non-hydrogen) atoms. The maximum Gasteiger partial charge on any atom is 0.119 e. The number of pyridine rings is 1. The number of rotatable bonds is 3. The minimum Gasteiger partial charge on any atom is -0.545 e. The second-order valence-electron chi connectivity index (χ2n) is 5.05. The van der Waals surface area contributed by atoms with Gasteiger partial charge in [-0.1, -0.05) is 30.3 Å². The van der Waals surface area contributed by atoms with E-state index >= 15 is 0 Å². The van der Waals surface area contributed by atoms with Crippen molar-refractivity contribution in [2.45, 2.75) is 6.92 Å². The fourth-order valence-corrected chi connectivity index (χ4v) is 2.49. The number of aromatic nitrogens is 1. The van der Waals surface area contributed by atoms with Gasteiger partial charge in [-0.05, 0) is 30.7 Å². The van der Waals surface area contributed by atoms with E-state index in [1.165, 1.54) is 0 Å². The van der Waals surface area contributed by atoms with Crippen molar-refractivity contribution < 1.29 is 14.6 Å². The number of hydrogen-bond donors (Lipinski definition) is 0. The van der Waals surface area contributed by atoms with Crippen LogP contribution in [0.3, 0.4) is 0 Å². The van der Waals surface area contributed by atoms with E-state index in [0.29, 0.717) is 22.3 Å². The number of aromatic carboxylic acids is 1. The number of fused-ring (bicyclic) bond motifs is 1. The van der Waals surface area contributed by atoms with Gasteiger partial charge in [0.15, 0.2) is 0 Å². The Balaban J connectivity index is 2.30. The number of hydrogen-bond acceptors (Lipinski definition) is 4. The number of benzene rings is 2. The lowest BCUT2D eigenvalue weighted by Crippen LogP contribution is -2.22. The molecule has 2 aromatic carbocycles. The lowest BCUT2D eigenvalue weighted by molar-refractivity contribution is -0.254. The fourth-order valence-electron chi connectivity index (χ4n) is 2.49. The van der Waals surface area contributed by atoms with Gasteiger partial charge in [0, 0.05) is 16.5 Å². The van der Waals surface area contributed by atoms with Crippen LogP contribution in [-0.4, -0.2) is 18.1 Å². The van der Waals surface area contributed by atoms with Crippen LogP contribution in [0.1, 0.15) is 15.9 Å². The summed E-state index contributed by atoms with van der Waals surface area (Å²) in [6.07, 6.45) is 0. The molecule has 0 saturated carbocycles. The summed E-state index contributed by atoms with van der Waals surface area (Å²) >= 11 is 0. The topological polar surface area (TPSA) is 62.2 Å². The van der Waals surface area contributed by atoms with Gasteiger partial charge < -0.3 is 14.6 Å². The molecule has 0 bridgehead atoms. The lowest BCUT2D eigenvalue weighted by Gasteiger charge is -2.12. The van der Waals surface area contributed by atoms with Crippen molar-refractivity contribution in [3.05, 3.63) is 59.7 Å². The Labute approximate surface area is 128 Å². The molecular formula is C18H14NO3-. The Kier molecular flexibility index (Phi) is 3.51. The number of carboxylic acids is 1. The standard InChI is InChI=1S/C18H15NO3/c1-11-5-3-8-14-15(18(20)21)10-16(19-17(11)14)12-6-4-7-13(9-12)22-2/h3-10H,1-2H3,(H,20,21)/p-1. The first-order valence-corrected chi connectivity index (χ1v) is 6.86. The second kappa shape index (κ2) is 5.48. The van der Waals surface area contributed by atoms with Crippen molar-refractivity contribution >= 4 is 16.9 Å². The molecule has 4 nitrogen and oxygen atoms in total. The SMILES string of the molecule is COc1cccc(-c2cc(C(=O)[O-])c3cccc(C)c3n2)c1. The highest BCUT2D eigenvalue weighted by Gasteiger charge is 2.10. The largest absolute Gasteiger partial charge is 0.545 e. The molecule has 1 aromatic heterocycles. The Morgan fingerprint density at radius 3 is 2.64 bits per heavy atom. The van der Waals surface area contributed by atoms with Crippen LogP contribution in [0.15, 0.2) is 48.5 Å². The van der Waals surface area contributed by atoms with Gasteiger partial charge >= 0.3 is 0 Å². The van der Waals surface area contributed by atoms with Crippen molar-refractivity contribution in [2.75, 3.05) is 7.11 Å². The first-order valence-electron chi connectivity index (χ1n) is 6.86. The highest BCUT2D eigenvalue weighted by molar-refractivity contribution is 6.03. The van der Waals surface area contributed by atoms with Gasteiger partial charge in [0.1, 0.15) is 5.75 Å². The predicted octanol–water partition coefficient (Wildman–Crippen LogP) is 2.58. The van der Waals surface area contributed by atoms with Gasteiger partial charge in [0.2, 0.25) is 0 Å². The Morgan fingerprint density at radius 2 is 1.91 bits per heavy atom. The van der Waals surface area contributed by atoms with Crippen molar-refractivity contribution in [1.29, 1.82) is 0 Å². The van der Waals surface area contributed by atoms with E-state index in [9.17, 15) is 9.90 Å². The summed E-state index contributed by atoms with van der Waals surface area (Å²) in [6.45, 7) is 1.91. The van der Waals surface area contributed by atoms with Gasteiger partial charge in [-0.25, -0.2) is 4.98 Å². The van der Waals surface area contributed by atoms with Crippen LogP contribution < -0.4 is 9.84 Å². The molecule has 0 aliphatic rings. The molecule has 4 heteroatoms. The molecule has 0 radical (unpaired) electrons. The molecule has 0 saturated heterocycles. The molecule has 0 N–H and O–H groups in total. The number of para-hydroxylation sites is 1. The molecule has 1 heterocycles. The van der Waals surface area contributed by atoms with Crippen LogP contribution in [-0.2, 0) is 0 Å². The number of carbonyl (C=O) groups is 1. The third-order valence-electron chi connectivity index (χ3n) is 3.63. The maximum absolute atomic E-state index is 11.5. The summed E-state index contributed by atoms with van der Waals surface area (Å²) in [5.74, 6) is -0.513. The van der Waals surface area contributed by atoms with Crippen LogP contribution in [0.25, 0.3) is 22.2 Å². The molecular weight excluding hydrogens is 278 g/mol. The fraction of sp³-hybridized carbons (Fsp3) is 0.111. The van der Waals surface area contributed by atoms with Crippen molar-refractivity contribution in [3.63, 3.8) is 0 Å². The van der Waals surface area contributed by atoms with E-state index < -0.39 is 5.97 Å². The van der Waals surface area contributed by atoms with Gasteiger partial charge in [-0.2, -0.15) is 0 Å². The van der Waals surface area contributed by atoms with E-state index in [4.69, 9.17) is 4.74 Å². The summed E-state index contributed by atoms with van der Waals surface area (Å²) in [4.78, 5) is 16.1. The van der Waals surface area contributed by atoms with E-state index in [0.717, 1.165) is 11.1 Å². The third-order valence-corrected chi connectivity index (χ3v) is 3.63. The predicted molar refractivity (Wildman–Crippen MR) is 82.8 cm³/mol. The number of nitrogens with zero attached hydrogens (tertiary/aromatic N) is 1. The highest BCUT2D eigenvalue weighted by Crippen LogP contribution is 2.28. The van der Waals surface area contributed by atoms with E-state index in [2.05, 4.69) is 4.98 Å². The second-order valence-corrected chi connectivity index (χ2v) is 5.05. The molecule has 0 fully saturated rings. The highest BCUT2D eigenvalue weighted by atomic mass is 16.5. The molecule has 3 aromatic rings. The summed E-state index contributed by atoms with van der Waals surface area (Å²) in [5, 5.41) is 12.1. The minimum absolute atomic E-state index is 0.145. The zero-order chi connectivity index (χ0) is 15.7. The van der Waals surface area contributed by atoms with Crippen molar-refractivity contribution in [3.8, 4) is 17.0 Å². The summed E-state index contributed by atoms with van der Waals surface area (Å²) in [7, 11) is 1.59. The molecule has 110 valence electrons. The average molecular weight is 292 g/mol. The molecule has 0 aliphatic carbocycles. The average Bonchev–Trinajstić information content (AvgIpc) is 2.54. The van der Waals surface area contributed by atoms with E-state index in [1.807, 2.05) is 43.3 Å². The molecule has 0 spiro atoms. The summed E-state index contributed by atoms with van der Waals surface area (Å²) in [6, 6.07) is 14.4. The monoisotopic (exact) mass is 292 g/mol. The van der Waals surface area contributed by atoms with Crippen LogP contribution >= 0.6 is 0 Å². The number of carboxylic acid groups (broad SMARTS) is 1. The number of ether oxygens (including phenoxy) is 1. The Morgan fingerprint density at radius 1 is 1.14 bits per heavy atom. The first-order chi connectivity index (χ1) is 10.6. The normalized spacial score (nSPS) is 10.6. The molecule has 0 amide bonds. The van der Waals surface area contributed by atoms with Crippen LogP contribution in [0.2, 0.25) is 0 Å². The number of aryl methyl sites for hydroxylation is 1. The quantitative estimate of drug-likeness (QED) is 0.744. The number of carbonyl (C=O) groups excluding carboxylic acids is 1. The molecule has 0 atom stereocenters. The molecule has 3 rings (SSSR count). The van der Waals surface area contributed by atoms with E-state index in [1.54, 1.807) is 19.2 Å². The summed E-state index contributed by atoms with van der Waals surface area (Å²) in [5.41, 5.74) is 3.12. The van der Waals surface area contributed by atoms with Gasteiger partial charge in [0.25, 0.3) is 0 Å². The Hall–Kier alpha value is -2.88. The van der Waals surface area contributed by atoms with Crippen LogP contribution in [0.4, 0.5) is 0 Å². The van der Waals surface area contributed by atoms with Crippen molar-refractivity contribution in [2.24, 2.45) is 0 Å². The van der Waals surface area contributed by atoms with Gasteiger partial charge in [0.05, 0.1) is 24.3 Å². The summed E-state index contributed by atoms with van der Waals surface area (Å²) < 4.78 is 5.21. The number of methoxy groups -OCH3 is 1. The molecule has 0 unspecified atom stereocenters. The van der Waals surface area contributed by atoms with Crippen LogP contribution in [0.5, 0.6) is 5.75 Å². The Bertz CT molecular complexity index is 871. The zero-order valence-electron chi connectivity index (χ0n) is 12.3. The maximum atomic E-state index is 11.5. The third kappa shape index (κ3) is 2.39. The van der Waals surface area contributed by atoms with Crippen molar-refractivity contribution in [1.82, 2.24) is 4.98 Å². The van der Waals surface area contributed by atoms with Crippen LogP contribution in [0, 0.1) is 6.92 Å².